The van der Waals surface area contributed by atoms with Crippen LogP contribution in [0, 0.1) is 12.8 Å². The molecule has 0 radical (unpaired) electrons. The Morgan fingerprint density at radius 3 is 2.36 bits per heavy atom. The summed E-state index contributed by atoms with van der Waals surface area (Å²) in [5.41, 5.74) is 1.05. The minimum atomic E-state index is 0.0744. The van der Waals surface area contributed by atoms with Gasteiger partial charge < -0.3 is 14.7 Å². The Hall–Kier alpha value is -3.13. The number of carbonyl (C=O) groups is 1. The second-order valence-electron chi connectivity index (χ2n) is 8.60. The lowest BCUT2D eigenvalue weighted by Gasteiger charge is -2.39. The van der Waals surface area contributed by atoms with Crippen molar-refractivity contribution in [1.82, 2.24) is 24.4 Å². The van der Waals surface area contributed by atoms with Gasteiger partial charge in [0.15, 0.2) is 0 Å². The number of anilines is 2. The molecular weight excluding hydrogens is 438 g/mol. The molecule has 0 N–H and O–H groups in total. The largest absolute Gasteiger partial charge is 0.367 e. The fourth-order valence-electron chi connectivity index (χ4n) is 4.75. The SMILES string of the molecule is Cc1nccn1-c1cc(N2CCC(C(=O)N3CCN(c4ccccc4Cl)CC3)CC2)ncn1. The summed E-state index contributed by atoms with van der Waals surface area (Å²) in [6.07, 6.45) is 6.94. The van der Waals surface area contributed by atoms with Gasteiger partial charge in [0.2, 0.25) is 5.91 Å². The van der Waals surface area contributed by atoms with Crippen molar-refractivity contribution in [3.05, 3.63) is 59.9 Å². The maximum Gasteiger partial charge on any atom is 0.225 e. The van der Waals surface area contributed by atoms with Gasteiger partial charge in [-0.2, -0.15) is 0 Å². The summed E-state index contributed by atoms with van der Waals surface area (Å²) in [7, 11) is 0. The fraction of sp³-hybridized carbons (Fsp3) is 0.417. The summed E-state index contributed by atoms with van der Waals surface area (Å²) >= 11 is 6.35. The standard InChI is InChI=1S/C24H28ClN7O/c1-18-26-8-11-32(18)23-16-22(27-17-28-23)30-9-6-19(7-10-30)24(33)31-14-12-29(13-15-31)21-5-3-2-4-20(21)25/h2-5,8,11,16-17,19H,6-7,9-10,12-15H2,1H3. The van der Waals surface area contributed by atoms with Gasteiger partial charge in [0.25, 0.3) is 0 Å². The third kappa shape index (κ3) is 4.53. The number of imidazole rings is 1. The Bertz CT molecular complexity index is 1120. The van der Waals surface area contributed by atoms with Crippen LogP contribution in [0.2, 0.25) is 5.02 Å². The van der Waals surface area contributed by atoms with Crippen LogP contribution in [-0.2, 0) is 4.79 Å². The Balaban J connectivity index is 1.16. The summed E-state index contributed by atoms with van der Waals surface area (Å²) in [5.74, 6) is 2.95. The van der Waals surface area contributed by atoms with Gasteiger partial charge in [0, 0.05) is 63.6 Å². The summed E-state index contributed by atoms with van der Waals surface area (Å²) in [4.78, 5) is 32.9. The van der Waals surface area contributed by atoms with Crippen LogP contribution in [0.1, 0.15) is 18.7 Å². The van der Waals surface area contributed by atoms with Gasteiger partial charge >= 0.3 is 0 Å². The molecule has 9 heteroatoms. The maximum absolute atomic E-state index is 13.2. The lowest BCUT2D eigenvalue weighted by atomic mass is 9.95. The molecule has 0 atom stereocenters. The van der Waals surface area contributed by atoms with E-state index >= 15 is 0 Å². The number of piperazine rings is 1. The van der Waals surface area contributed by atoms with Crippen LogP contribution in [0.5, 0.6) is 0 Å². The van der Waals surface area contributed by atoms with E-state index in [0.717, 1.165) is 80.3 Å². The van der Waals surface area contributed by atoms with E-state index in [2.05, 4.69) is 24.8 Å². The van der Waals surface area contributed by atoms with Crippen molar-refractivity contribution in [1.29, 1.82) is 0 Å². The molecular formula is C24H28ClN7O. The highest BCUT2D eigenvalue weighted by molar-refractivity contribution is 6.33. The quantitative estimate of drug-likeness (QED) is 0.589. The Morgan fingerprint density at radius 1 is 0.939 bits per heavy atom. The first-order valence-corrected chi connectivity index (χ1v) is 11.8. The molecule has 3 aromatic rings. The zero-order valence-electron chi connectivity index (χ0n) is 18.8. The Morgan fingerprint density at radius 2 is 1.67 bits per heavy atom. The van der Waals surface area contributed by atoms with Crippen molar-refractivity contribution < 1.29 is 4.79 Å². The van der Waals surface area contributed by atoms with Gasteiger partial charge in [-0.05, 0) is 31.9 Å². The van der Waals surface area contributed by atoms with E-state index in [1.807, 2.05) is 52.9 Å². The molecule has 0 spiro atoms. The van der Waals surface area contributed by atoms with Crippen molar-refractivity contribution in [2.24, 2.45) is 5.92 Å². The highest BCUT2D eigenvalue weighted by Crippen LogP contribution is 2.28. The molecule has 1 aromatic carbocycles. The van der Waals surface area contributed by atoms with Gasteiger partial charge in [-0.15, -0.1) is 0 Å². The second kappa shape index (κ2) is 9.39. The monoisotopic (exact) mass is 465 g/mol. The van der Waals surface area contributed by atoms with Crippen molar-refractivity contribution in [2.75, 3.05) is 49.1 Å². The molecule has 5 rings (SSSR count). The molecule has 172 valence electrons. The van der Waals surface area contributed by atoms with Crippen LogP contribution in [0.25, 0.3) is 5.82 Å². The zero-order valence-corrected chi connectivity index (χ0v) is 19.5. The third-order valence-electron chi connectivity index (χ3n) is 6.66. The Kier molecular flexibility index (Phi) is 6.17. The van der Waals surface area contributed by atoms with Crippen molar-refractivity contribution in [3.8, 4) is 5.82 Å². The molecule has 0 unspecified atom stereocenters. The van der Waals surface area contributed by atoms with Crippen LogP contribution >= 0.6 is 11.6 Å². The molecule has 0 aliphatic carbocycles. The maximum atomic E-state index is 13.2. The Labute approximate surface area is 198 Å². The number of aromatic nitrogens is 4. The lowest BCUT2D eigenvalue weighted by molar-refractivity contribution is -0.136. The second-order valence-corrected chi connectivity index (χ2v) is 9.01. The number of para-hydroxylation sites is 1. The number of rotatable bonds is 4. The van der Waals surface area contributed by atoms with E-state index in [9.17, 15) is 4.79 Å². The molecule has 1 amide bonds. The molecule has 2 aliphatic heterocycles. The average Bonchev–Trinajstić information content (AvgIpc) is 3.30. The minimum Gasteiger partial charge on any atom is -0.367 e. The summed E-state index contributed by atoms with van der Waals surface area (Å²) in [6, 6.07) is 9.90. The van der Waals surface area contributed by atoms with E-state index in [1.165, 1.54) is 0 Å². The molecule has 2 aromatic heterocycles. The molecule has 2 saturated heterocycles. The number of hydrogen-bond donors (Lipinski definition) is 0. The van der Waals surface area contributed by atoms with E-state index in [4.69, 9.17) is 11.6 Å². The molecule has 2 aliphatic rings. The van der Waals surface area contributed by atoms with Crippen molar-refractivity contribution in [2.45, 2.75) is 19.8 Å². The number of amides is 1. The van der Waals surface area contributed by atoms with E-state index < -0.39 is 0 Å². The fourth-order valence-corrected chi connectivity index (χ4v) is 5.01. The zero-order chi connectivity index (χ0) is 22.8. The van der Waals surface area contributed by atoms with Crippen LogP contribution in [0.3, 0.4) is 0 Å². The number of benzene rings is 1. The van der Waals surface area contributed by atoms with Crippen LogP contribution in [-0.4, -0.2) is 69.6 Å². The topological polar surface area (TPSA) is 70.4 Å². The van der Waals surface area contributed by atoms with Crippen LogP contribution in [0.4, 0.5) is 11.5 Å². The molecule has 33 heavy (non-hydrogen) atoms. The van der Waals surface area contributed by atoms with Gasteiger partial charge in [-0.3, -0.25) is 9.36 Å². The number of piperidine rings is 1. The summed E-state index contributed by atoms with van der Waals surface area (Å²) < 4.78 is 1.95. The van der Waals surface area contributed by atoms with Crippen molar-refractivity contribution >= 4 is 29.0 Å². The number of nitrogens with zero attached hydrogens (tertiary/aromatic N) is 7. The van der Waals surface area contributed by atoms with E-state index in [1.54, 1.807) is 12.5 Å². The normalized spacial score (nSPS) is 17.5. The molecule has 2 fully saturated rings. The number of hydrogen-bond acceptors (Lipinski definition) is 6. The molecule has 0 saturated carbocycles. The molecule has 0 bridgehead atoms. The number of carbonyl (C=O) groups excluding carboxylic acids is 1. The number of halogens is 1. The minimum absolute atomic E-state index is 0.0744. The van der Waals surface area contributed by atoms with Crippen LogP contribution < -0.4 is 9.80 Å². The predicted octanol–water partition coefficient (Wildman–Crippen LogP) is 3.19. The van der Waals surface area contributed by atoms with E-state index in [-0.39, 0.29) is 11.8 Å². The van der Waals surface area contributed by atoms with E-state index in [0.29, 0.717) is 0 Å². The average molecular weight is 466 g/mol. The molecule has 8 nitrogen and oxygen atoms in total. The first kappa shape index (κ1) is 21.7. The smallest absolute Gasteiger partial charge is 0.225 e. The first-order valence-electron chi connectivity index (χ1n) is 11.5. The molecule has 4 heterocycles. The summed E-state index contributed by atoms with van der Waals surface area (Å²) in [6.45, 7) is 6.68. The predicted molar refractivity (Wildman–Crippen MR) is 129 cm³/mol. The lowest BCUT2D eigenvalue weighted by Crippen LogP contribution is -2.51. The van der Waals surface area contributed by atoms with Crippen LogP contribution in [0.15, 0.2) is 49.1 Å². The summed E-state index contributed by atoms with van der Waals surface area (Å²) in [5, 5.41) is 0.765. The first-order chi connectivity index (χ1) is 16.1. The van der Waals surface area contributed by atoms with Gasteiger partial charge in [0.1, 0.15) is 23.8 Å². The third-order valence-corrected chi connectivity index (χ3v) is 6.98. The van der Waals surface area contributed by atoms with Gasteiger partial charge in [-0.1, -0.05) is 23.7 Å². The van der Waals surface area contributed by atoms with Gasteiger partial charge in [0.05, 0.1) is 10.7 Å². The highest BCUT2D eigenvalue weighted by atomic mass is 35.5. The highest BCUT2D eigenvalue weighted by Gasteiger charge is 2.31. The van der Waals surface area contributed by atoms with Crippen molar-refractivity contribution in [3.63, 3.8) is 0 Å². The van der Waals surface area contributed by atoms with Gasteiger partial charge in [-0.25, -0.2) is 15.0 Å². The number of aryl methyl sites for hydroxylation is 1.